The third kappa shape index (κ3) is 3.30. The van der Waals surface area contributed by atoms with Gasteiger partial charge in [0.05, 0.1) is 12.6 Å². The maximum Gasteiger partial charge on any atom is 0.120 e. The molecule has 1 aromatic heterocycles. The summed E-state index contributed by atoms with van der Waals surface area (Å²) >= 11 is 0. The molecule has 0 bridgehead atoms. The fraction of sp³-hybridized carbons (Fsp3) is 0.500. The SMILES string of the molecule is C#CC(CCC)NCc1ncc[nH]1. The monoisotopic (exact) mass is 177 g/mol. The van der Waals surface area contributed by atoms with Gasteiger partial charge in [-0.3, -0.25) is 5.32 Å². The molecular weight excluding hydrogens is 162 g/mol. The smallest absolute Gasteiger partial charge is 0.120 e. The lowest BCUT2D eigenvalue weighted by molar-refractivity contribution is 0.553. The Hall–Kier alpha value is -1.27. The molecule has 0 saturated carbocycles. The van der Waals surface area contributed by atoms with Crippen LogP contribution in [0.15, 0.2) is 12.4 Å². The van der Waals surface area contributed by atoms with E-state index in [9.17, 15) is 0 Å². The van der Waals surface area contributed by atoms with E-state index in [1.165, 1.54) is 0 Å². The first kappa shape index (κ1) is 9.82. The number of rotatable bonds is 5. The van der Waals surface area contributed by atoms with Crippen molar-refractivity contribution in [2.24, 2.45) is 0 Å². The van der Waals surface area contributed by atoms with Crippen molar-refractivity contribution < 1.29 is 0 Å². The van der Waals surface area contributed by atoms with Gasteiger partial charge in [-0.25, -0.2) is 4.98 Å². The van der Waals surface area contributed by atoms with Crippen molar-refractivity contribution in [2.75, 3.05) is 0 Å². The molecule has 0 radical (unpaired) electrons. The Morgan fingerprint density at radius 2 is 2.62 bits per heavy atom. The van der Waals surface area contributed by atoms with E-state index in [0.717, 1.165) is 18.7 Å². The largest absolute Gasteiger partial charge is 0.348 e. The van der Waals surface area contributed by atoms with Crippen molar-refractivity contribution in [1.29, 1.82) is 0 Å². The van der Waals surface area contributed by atoms with Crippen molar-refractivity contribution in [1.82, 2.24) is 15.3 Å². The minimum Gasteiger partial charge on any atom is -0.348 e. The lowest BCUT2D eigenvalue weighted by atomic mass is 10.2. The quantitative estimate of drug-likeness (QED) is 0.666. The molecular formula is C10H15N3. The zero-order valence-corrected chi connectivity index (χ0v) is 7.88. The predicted octanol–water partition coefficient (Wildman–Crippen LogP) is 1.30. The highest BCUT2D eigenvalue weighted by molar-refractivity contribution is 4.99. The minimum absolute atomic E-state index is 0.162. The first-order valence-electron chi connectivity index (χ1n) is 4.54. The minimum atomic E-state index is 0.162. The summed E-state index contributed by atoms with van der Waals surface area (Å²) < 4.78 is 0. The van der Waals surface area contributed by atoms with Gasteiger partial charge < -0.3 is 4.98 Å². The summed E-state index contributed by atoms with van der Waals surface area (Å²) in [7, 11) is 0. The lowest BCUT2D eigenvalue weighted by Crippen LogP contribution is -2.27. The molecule has 0 fully saturated rings. The highest BCUT2D eigenvalue weighted by atomic mass is 15.0. The van der Waals surface area contributed by atoms with Gasteiger partial charge in [0.2, 0.25) is 0 Å². The van der Waals surface area contributed by atoms with E-state index in [1.54, 1.807) is 6.20 Å². The third-order valence-electron chi connectivity index (χ3n) is 1.85. The molecule has 1 atom stereocenters. The molecule has 0 aliphatic carbocycles. The Kier molecular flexibility index (Phi) is 4.07. The number of hydrogen-bond acceptors (Lipinski definition) is 2. The number of aromatic nitrogens is 2. The molecule has 13 heavy (non-hydrogen) atoms. The number of nitrogens with one attached hydrogen (secondary N) is 2. The third-order valence-corrected chi connectivity index (χ3v) is 1.85. The topological polar surface area (TPSA) is 40.7 Å². The molecule has 0 aliphatic heterocycles. The summed E-state index contributed by atoms with van der Waals surface area (Å²) in [5, 5.41) is 3.24. The van der Waals surface area contributed by atoms with Gasteiger partial charge in [-0.2, -0.15) is 0 Å². The molecule has 0 saturated heterocycles. The first-order chi connectivity index (χ1) is 6.36. The van der Waals surface area contributed by atoms with Crippen molar-refractivity contribution >= 4 is 0 Å². The molecule has 70 valence electrons. The molecule has 3 heteroatoms. The second-order valence-electron chi connectivity index (χ2n) is 2.92. The van der Waals surface area contributed by atoms with Gasteiger partial charge >= 0.3 is 0 Å². The first-order valence-corrected chi connectivity index (χ1v) is 4.54. The number of H-pyrrole nitrogens is 1. The number of nitrogens with zero attached hydrogens (tertiary/aromatic N) is 1. The molecule has 0 spiro atoms. The number of imidazole rings is 1. The van der Waals surface area contributed by atoms with Crippen LogP contribution < -0.4 is 5.32 Å². The van der Waals surface area contributed by atoms with Crippen molar-refractivity contribution in [3.63, 3.8) is 0 Å². The van der Waals surface area contributed by atoms with Crippen LogP contribution in [-0.4, -0.2) is 16.0 Å². The van der Waals surface area contributed by atoms with Gasteiger partial charge in [-0.05, 0) is 6.42 Å². The Bertz CT molecular complexity index is 258. The average molecular weight is 177 g/mol. The van der Waals surface area contributed by atoms with Crippen LogP contribution >= 0.6 is 0 Å². The summed E-state index contributed by atoms with van der Waals surface area (Å²) in [6.07, 6.45) is 11.0. The number of terminal acetylenes is 1. The molecule has 2 N–H and O–H groups in total. The number of hydrogen-bond donors (Lipinski definition) is 2. The van der Waals surface area contributed by atoms with Crippen LogP contribution in [0.5, 0.6) is 0 Å². The standard InChI is InChI=1S/C10H15N3/c1-3-5-9(4-2)13-8-10-11-6-7-12-10/h2,6-7,9,13H,3,5,8H2,1H3,(H,11,12). The molecule has 0 aromatic carbocycles. The lowest BCUT2D eigenvalue weighted by Gasteiger charge is -2.09. The summed E-state index contributed by atoms with van der Waals surface area (Å²) in [4.78, 5) is 7.11. The average Bonchev–Trinajstić information content (AvgIpc) is 2.64. The van der Waals surface area contributed by atoms with Gasteiger partial charge in [0, 0.05) is 12.4 Å². The Balaban J connectivity index is 2.29. The summed E-state index contributed by atoms with van der Waals surface area (Å²) in [6, 6.07) is 0.162. The normalized spacial score (nSPS) is 12.3. The summed E-state index contributed by atoms with van der Waals surface area (Å²) in [5.74, 6) is 3.64. The molecule has 1 unspecified atom stereocenters. The molecule has 0 aliphatic rings. The van der Waals surface area contributed by atoms with E-state index in [-0.39, 0.29) is 6.04 Å². The van der Waals surface area contributed by atoms with E-state index < -0.39 is 0 Å². The second-order valence-corrected chi connectivity index (χ2v) is 2.92. The Morgan fingerprint density at radius 1 is 1.77 bits per heavy atom. The van der Waals surface area contributed by atoms with Gasteiger partial charge in [-0.1, -0.05) is 19.3 Å². The highest BCUT2D eigenvalue weighted by Crippen LogP contribution is 1.96. The molecule has 0 amide bonds. The fourth-order valence-electron chi connectivity index (χ4n) is 1.15. The summed E-state index contributed by atoms with van der Waals surface area (Å²) in [5.41, 5.74) is 0. The van der Waals surface area contributed by atoms with Gasteiger partial charge in [0.1, 0.15) is 5.82 Å². The van der Waals surface area contributed by atoms with Crippen molar-refractivity contribution in [3.8, 4) is 12.3 Å². The molecule has 1 rings (SSSR count). The van der Waals surface area contributed by atoms with Crippen LogP contribution in [0, 0.1) is 12.3 Å². The zero-order chi connectivity index (χ0) is 9.52. The van der Waals surface area contributed by atoms with Gasteiger partial charge in [0.15, 0.2) is 0 Å². The van der Waals surface area contributed by atoms with Crippen LogP contribution in [0.25, 0.3) is 0 Å². The second kappa shape index (κ2) is 5.39. The maximum absolute atomic E-state index is 5.36. The fourth-order valence-corrected chi connectivity index (χ4v) is 1.15. The van der Waals surface area contributed by atoms with Crippen molar-refractivity contribution in [3.05, 3.63) is 18.2 Å². The molecule has 3 nitrogen and oxygen atoms in total. The molecule has 1 aromatic rings. The van der Waals surface area contributed by atoms with Gasteiger partial charge in [0.25, 0.3) is 0 Å². The van der Waals surface area contributed by atoms with E-state index in [4.69, 9.17) is 6.42 Å². The zero-order valence-electron chi connectivity index (χ0n) is 7.88. The molecule has 1 heterocycles. The Morgan fingerprint density at radius 3 is 3.15 bits per heavy atom. The van der Waals surface area contributed by atoms with Crippen LogP contribution in [-0.2, 0) is 6.54 Å². The maximum atomic E-state index is 5.36. The summed E-state index contributed by atoms with van der Waals surface area (Å²) in [6.45, 7) is 2.83. The Labute approximate surface area is 79.0 Å². The van der Waals surface area contributed by atoms with Crippen molar-refractivity contribution in [2.45, 2.75) is 32.4 Å². The highest BCUT2D eigenvalue weighted by Gasteiger charge is 2.02. The van der Waals surface area contributed by atoms with Crippen LogP contribution in [0.2, 0.25) is 0 Å². The van der Waals surface area contributed by atoms with E-state index in [2.05, 4.69) is 28.1 Å². The van der Waals surface area contributed by atoms with Gasteiger partial charge in [-0.15, -0.1) is 6.42 Å². The predicted molar refractivity (Wildman–Crippen MR) is 53.0 cm³/mol. The van der Waals surface area contributed by atoms with Crippen LogP contribution in [0.4, 0.5) is 0 Å². The van der Waals surface area contributed by atoms with E-state index in [0.29, 0.717) is 6.54 Å². The van der Waals surface area contributed by atoms with E-state index in [1.807, 2.05) is 6.20 Å². The number of aromatic amines is 1. The van der Waals surface area contributed by atoms with E-state index >= 15 is 0 Å². The van der Waals surface area contributed by atoms with Crippen LogP contribution in [0.3, 0.4) is 0 Å². The van der Waals surface area contributed by atoms with Crippen LogP contribution in [0.1, 0.15) is 25.6 Å².